The van der Waals surface area contributed by atoms with Crippen LogP contribution in [0, 0.1) is 5.92 Å². The van der Waals surface area contributed by atoms with Gasteiger partial charge in [-0.15, -0.1) is 11.3 Å². The highest BCUT2D eigenvalue weighted by Gasteiger charge is 2.18. The Morgan fingerprint density at radius 2 is 2.44 bits per heavy atom. The SMILES string of the molecule is O=C(CCCN1CCCC(CO)C1)c1cccs1. The van der Waals surface area contributed by atoms with Crippen LogP contribution in [0.2, 0.25) is 0 Å². The minimum absolute atomic E-state index is 0.265. The molecule has 0 aromatic carbocycles. The van der Waals surface area contributed by atoms with Crippen molar-refractivity contribution < 1.29 is 9.90 Å². The third-order valence-corrected chi connectivity index (χ3v) is 4.45. The number of aliphatic hydroxyl groups excluding tert-OH is 1. The lowest BCUT2D eigenvalue weighted by Gasteiger charge is -2.31. The third-order valence-electron chi connectivity index (χ3n) is 3.54. The molecule has 1 saturated heterocycles. The molecule has 1 fully saturated rings. The first kappa shape index (κ1) is 13.7. The number of aliphatic hydroxyl groups is 1. The highest BCUT2D eigenvalue weighted by Crippen LogP contribution is 2.17. The van der Waals surface area contributed by atoms with Gasteiger partial charge in [-0.1, -0.05) is 6.07 Å². The fraction of sp³-hybridized carbons (Fsp3) is 0.643. The normalized spacial score (nSPS) is 21.1. The number of nitrogens with zero attached hydrogens (tertiary/aromatic N) is 1. The largest absolute Gasteiger partial charge is 0.396 e. The Labute approximate surface area is 112 Å². The maximum atomic E-state index is 11.8. The second kappa shape index (κ2) is 7.02. The van der Waals surface area contributed by atoms with E-state index >= 15 is 0 Å². The Kier molecular flexibility index (Phi) is 5.35. The number of thiophene rings is 1. The molecule has 0 amide bonds. The molecule has 2 heterocycles. The van der Waals surface area contributed by atoms with E-state index < -0.39 is 0 Å². The van der Waals surface area contributed by atoms with Crippen LogP contribution in [0.15, 0.2) is 17.5 Å². The summed E-state index contributed by atoms with van der Waals surface area (Å²) < 4.78 is 0. The molecule has 4 heteroatoms. The van der Waals surface area contributed by atoms with Crippen molar-refractivity contribution in [3.63, 3.8) is 0 Å². The zero-order chi connectivity index (χ0) is 12.8. The predicted octanol–water partition coefficient (Wildman–Crippen LogP) is 2.42. The van der Waals surface area contributed by atoms with Crippen molar-refractivity contribution in [3.8, 4) is 0 Å². The van der Waals surface area contributed by atoms with E-state index in [-0.39, 0.29) is 5.78 Å². The number of ketones is 1. The molecule has 0 aliphatic carbocycles. The summed E-state index contributed by atoms with van der Waals surface area (Å²) in [5.41, 5.74) is 0. The summed E-state index contributed by atoms with van der Waals surface area (Å²) in [7, 11) is 0. The van der Waals surface area contributed by atoms with E-state index in [1.54, 1.807) is 0 Å². The number of piperidine rings is 1. The quantitative estimate of drug-likeness (QED) is 0.805. The van der Waals surface area contributed by atoms with E-state index in [4.69, 9.17) is 5.11 Å². The fourth-order valence-corrected chi connectivity index (χ4v) is 3.22. The Morgan fingerprint density at radius 3 is 3.17 bits per heavy atom. The summed E-state index contributed by atoms with van der Waals surface area (Å²) in [5.74, 6) is 0.701. The van der Waals surface area contributed by atoms with Crippen LogP contribution >= 0.6 is 11.3 Å². The number of rotatable bonds is 6. The van der Waals surface area contributed by atoms with Crippen LogP contribution in [0.3, 0.4) is 0 Å². The van der Waals surface area contributed by atoms with Crippen molar-refractivity contribution in [2.45, 2.75) is 25.7 Å². The number of Topliss-reactive ketones (excluding diaryl/α,β-unsaturated/α-hetero) is 1. The van der Waals surface area contributed by atoms with Crippen LogP contribution in [0.1, 0.15) is 35.4 Å². The van der Waals surface area contributed by atoms with Crippen LogP contribution < -0.4 is 0 Å². The highest BCUT2D eigenvalue weighted by atomic mass is 32.1. The van der Waals surface area contributed by atoms with E-state index in [0.29, 0.717) is 18.9 Å². The van der Waals surface area contributed by atoms with E-state index in [1.165, 1.54) is 17.8 Å². The van der Waals surface area contributed by atoms with Crippen molar-refractivity contribution in [1.29, 1.82) is 0 Å². The molecule has 1 aliphatic rings. The monoisotopic (exact) mass is 267 g/mol. The molecular weight excluding hydrogens is 246 g/mol. The van der Waals surface area contributed by atoms with Crippen molar-refractivity contribution in [2.24, 2.45) is 5.92 Å². The Morgan fingerprint density at radius 1 is 1.56 bits per heavy atom. The Bertz CT molecular complexity index is 364. The topological polar surface area (TPSA) is 40.5 Å². The maximum absolute atomic E-state index is 11.8. The minimum Gasteiger partial charge on any atom is -0.396 e. The molecule has 1 unspecified atom stereocenters. The summed E-state index contributed by atoms with van der Waals surface area (Å²) in [6.07, 6.45) is 3.88. The maximum Gasteiger partial charge on any atom is 0.172 e. The smallest absolute Gasteiger partial charge is 0.172 e. The number of carbonyl (C=O) groups is 1. The van der Waals surface area contributed by atoms with Gasteiger partial charge in [0, 0.05) is 19.6 Å². The second-order valence-electron chi connectivity index (χ2n) is 5.00. The van der Waals surface area contributed by atoms with E-state index in [1.807, 2.05) is 17.5 Å². The average Bonchev–Trinajstić information content (AvgIpc) is 2.93. The van der Waals surface area contributed by atoms with Gasteiger partial charge in [0.1, 0.15) is 0 Å². The summed E-state index contributed by atoms with van der Waals surface area (Å²) in [4.78, 5) is 15.1. The number of hydrogen-bond acceptors (Lipinski definition) is 4. The molecule has 1 N–H and O–H groups in total. The Hall–Kier alpha value is -0.710. The van der Waals surface area contributed by atoms with Crippen molar-refractivity contribution in [1.82, 2.24) is 4.90 Å². The molecule has 1 aromatic heterocycles. The summed E-state index contributed by atoms with van der Waals surface area (Å²) in [6, 6.07) is 3.82. The van der Waals surface area contributed by atoms with Crippen LogP contribution in [-0.2, 0) is 0 Å². The molecule has 0 radical (unpaired) electrons. The zero-order valence-electron chi connectivity index (χ0n) is 10.7. The average molecular weight is 267 g/mol. The lowest BCUT2D eigenvalue weighted by Crippen LogP contribution is -2.37. The summed E-state index contributed by atoms with van der Waals surface area (Å²) in [6.45, 7) is 3.38. The van der Waals surface area contributed by atoms with Gasteiger partial charge in [0.15, 0.2) is 5.78 Å². The van der Waals surface area contributed by atoms with E-state index in [2.05, 4.69) is 4.90 Å². The number of carbonyl (C=O) groups excluding carboxylic acids is 1. The first-order valence-corrected chi connectivity index (χ1v) is 7.57. The van der Waals surface area contributed by atoms with Crippen molar-refractivity contribution >= 4 is 17.1 Å². The van der Waals surface area contributed by atoms with Gasteiger partial charge in [-0.3, -0.25) is 4.79 Å². The van der Waals surface area contributed by atoms with Crippen molar-refractivity contribution in [2.75, 3.05) is 26.2 Å². The van der Waals surface area contributed by atoms with Gasteiger partial charge >= 0.3 is 0 Å². The van der Waals surface area contributed by atoms with Gasteiger partial charge < -0.3 is 10.0 Å². The molecule has 1 atom stereocenters. The molecule has 1 aromatic rings. The van der Waals surface area contributed by atoms with Gasteiger partial charge in [-0.25, -0.2) is 0 Å². The predicted molar refractivity (Wildman–Crippen MR) is 74.1 cm³/mol. The van der Waals surface area contributed by atoms with Gasteiger partial charge in [0.25, 0.3) is 0 Å². The summed E-state index contributed by atoms with van der Waals surface area (Å²) >= 11 is 1.52. The molecule has 2 rings (SSSR count). The first-order valence-electron chi connectivity index (χ1n) is 6.69. The molecule has 0 saturated carbocycles. The number of hydrogen-bond donors (Lipinski definition) is 1. The molecule has 100 valence electrons. The number of likely N-dealkylation sites (tertiary alicyclic amines) is 1. The standard InChI is InChI=1S/C14H21NO2S/c16-11-12-4-1-7-15(10-12)8-2-5-13(17)14-6-3-9-18-14/h3,6,9,12,16H,1-2,4-5,7-8,10-11H2. The third kappa shape index (κ3) is 3.90. The van der Waals surface area contributed by atoms with Crippen LogP contribution in [-0.4, -0.2) is 42.0 Å². The lowest BCUT2D eigenvalue weighted by molar-refractivity contribution is 0.0958. The van der Waals surface area contributed by atoms with E-state index in [9.17, 15) is 4.79 Å². The molecule has 18 heavy (non-hydrogen) atoms. The van der Waals surface area contributed by atoms with Gasteiger partial charge in [0.05, 0.1) is 4.88 Å². The first-order chi connectivity index (χ1) is 8.79. The van der Waals surface area contributed by atoms with Gasteiger partial charge in [-0.05, 0) is 49.7 Å². The summed E-state index contributed by atoms with van der Waals surface area (Å²) in [5, 5.41) is 11.1. The molecular formula is C14H21NO2S. The Balaban J connectivity index is 1.67. The van der Waals surface area contributed by atoms with Gasteiger partial charge in [-0.2, -0.15) is 0 Å². The lowest BCUT2D eigenvalue weighted by atomic mass is 9.99. The fourth-order valence-electron chi connectivity index (χ4n) is 2.53. The highest BCUT2D eigenvalue weighted by molar-refractivity contribution is 7.12. The molecule has 0 bridgehead atoms. The van der Waals surface area contributed by atoms with Crippen LogP contribution in [0.4, 0.5) is 0 Å². The van der Waals surface area contributed by atoms with Crippen LogP contribution in [0.5, 0.6) is 0 Å². The molecule has 1 aliphatic heterocycles. The molecule has 0 spiro atoms. The van der Waals surface area contributed by atoms with Gasteiger partial charge in [0.2, 0.25) is 0 Å². The van der Waals surface area contributed by atoms with Crippen molar-refractivity contribution in [3.05, 3.63) is 22.4 Å². The molecule has 3 nitrogen and oxygen atoms in total. The second-order valence-corrected chi connectivity index (χ2v) is 5.94. The van der Waals surface area contributed by atoms with Crippen LogP contribution in [0.25, 0.3) is 0 Å². The minimum atomic E-state index is 0.265. The van der Waals surface area contributed by atoms with E-state index in [0.717, 1.165) is 37.4 Å². The zero-order valence-corrected chi connectivity index (χ0v) is 11.5.